The zero-order valence-corrected chi connectivity index (χ0v) is 13.0. The number of hydrogen-bond acceptors (Lipinski definition) is 3. The van der Waals surface area contributed by atoms with E-state index < -0.39 is 0 Å². The Hall–Kier alpha value is -1.46. The van der Waals surface area contributed by atoms with E-state index in [1.165, 1.54) is 17.3 Å². The molecule has 0 unspecified atom stereocenters. The van der Waals surface area contributed by atoms with E-state index in [9.17, 15) is 4.79 Å². The van der Waals surface area contributed by atoms with Gasteiger partial charge in [-0.25, -0.2) is 0 Å². The number of nitrogens with zero attached hydrogens (tertiary/aromatic N) is 2. The summed E-state index contributed by atoms with van der Waals surface area (Å²) >= 11 is 1.53. The van der Waals surface area contributed by atoms with Gasteiger partial charge in [0.05, 0.1) is 5.75 Å². The minimum atomic E-state index is 0.0453. The molecule has 1 aromatic heterocycles. The van der Waals surface area contributed by atoms with Gasteiger partial charge in [-0.15, -0.1) is 0 Å². The second-order valence-electron chi connectivity index (χ2n) is 5.07. The second-order valence-corrected chi connectivity index (χ2v) is 5.93. The summed E-state index contributed by atoms with van der Waals surface area (Å²) in [6.45, 7) is 1.98. The van der Waals surface area contributed by atoms with E-state index in [0.717, 1.165) is 24.2 Å². The van der Waals surface area contributed by atoms with Crippen LogP contribution >= 0.6 is 11.8 Å². The highest BCUT2D eigenvalue weighted by molar-refractivity contribution is 7.99. The van der Waals surface area contributed by atoms with Gasteiger partial charge in [0, 0.05) is 35.9 Å². The number of hydrogen-bond donors (Lipinski definition) is 1. The summed E-state index contributed by atoms with van der Waals surface area (Å²) in [7, 11) is 4.15. The summed E-state index contributed by atoms with van der Waals surface area (Å²) in [4.78, 5) is 13.8. The molecule has 1 aromatic carbocycles. The smallest absolute Gasteiger partial charge is 0.234 e. The van der Waals surface area contributed by atoms with Gasteiger partial charge >= 0.3 is 0 Å². The molecular formula is C15H21N3OS. The SMILES string of the molecule is CSCC(=O)Nc1ccc2c(ccn2CCN(C)C)c1. The summed E-state index contributed by atoms with van der Waals surface area (Å²) in [6.07, 6.45) is 4.02. The number of carbonyl (C=O) groups excluding carboxylic acids is 1. The van der Waals surface area contributed by atoms with Crippen LogP contribution in [0.1, 0.15) is 0 Å². The van der Waals surface area contributed by atoms with Crippen LogP contribution in [0.25, 0.3) is 10.9 Å². The Kier molecular flexibility index (Phi) is 5.09. The number of likely N-dealkylation sites (N-methyl/N-ethyl adjacent to an activating group) is 1. The quantitative estimate of drug-likeness (QED) is 0.888. The van der Waals surface area contributed by atoms with Crippen LogP contribution in [0.4, 0.5) is 5.69 Å². The summed E-state index contributed by atoms with van der Waals surface area (Å²) in [6, 6.07) is 8.15. The van der Waals surface area contributed by atoms with Crippen molar-refractivity contribution in [3.05, 3.63) is 30.5 Å². The topological polar surface area (TPSA) is 37.3 Å². The van der Waals surface area contributed by atoms with Crippen molar-refractivity contribution in [3.8, 4) is 0 Å². The van der Waals surface area contributed by atoms with E-state index >= 15 is 0 Å². The molecule has 0 aliphatic heterocycles. The first kappa shape index (κ1) is 14.9. The molecule has 0 aliphatic rings. The Labute approximate surface area is 124 Å². The van der Waals surface area contributed by atoms with Gasteiger partial charge in [-0.05, 0) is 44.6 Å². The van der Waals surface area contributed by atoms with Crippen LogP contribution in [0.15, 0.2) is 30.5 Å². The molecular weight excluding hydrogens is 270 g/mol. The summed E-state index contributed by atoms with van der Waals surface area (Å²) in [5.74, 6) is 0.533. The van der Waals surface area contributed by atoms with Gasteiger partial charge < -0.3 is 14.8 Å². The number of nitrogens with one attached hydrogen (secondary N) is 1. The molecule has 5 heteroatoms. The molecule has 0 bridgehead atoms. The molecule has 0 aliphatic carbocycles. The van der Waals surface area contributed by atoms with Crippen molar-refractivity contribution < 1.29 is 4.79 Å². The van der Waals surface area contributed by atoms with Crippen molar-refractivity contribution in [2.75, 3.05) is 38.0 Å². The monoisotopic (exact) mass is 291 g/mol. The zero-order chi connectivity index (χ0) is 14.5. The molecule has 0 spiro atoms. The lowest BCUT2D eigenvalue weighted by molar-refractivity contribution is -0.113. The average molecular weight is 291 g/mol. The molecule has 0 saturated heterocycles. The van der Waals surface area contributed by atoms with E-state index in [1.807, 2.05) is 18.4 Å². The molecule has 0 saturated carbocycles. The van der Waals surface area contributed by atoms with E-state index in [2.05, 4.69) is 47.2 Å². The number of anilines is 1. The predicted molar refractivity (Wildman–Crippen MR) is 87.5 cm³/mol. The number of carbonyl (C=O) groups is 1. The maximum Gasteiger partial charge on any atom is 0.234 e. The lowest BCUT2D eigenvalue weighted by Crippen LogP contribution is -2.17. The molecule has 1 amide bonds. The van der Waals surface area contributed by atoms with Gasteiger partial charge in [0.2, 0.25) is 5.91 Å². The summed E-state index contributed by atoms with van der Waals surface area (Å²) in [5, 5.41) is 4.08. The summed E-state index contributed by atoms with van der Waals surface area (Å²) in [5.41, 5.74) is 2.07. The van der Waals surface area contributed by atoms with E-state index in [-0.39, 0.29) is 5.91 Å². The number of thioether (sulfide) groups is 1. The first-order valence-corrected chi connectivity index (χ1v) is 8.02. The maximum absolute atomic E-state index is 11.6. The Balaban J connectivity index is 2.13. The average Bonchev–Trinajstić information content (AvgIpc) is 2.79. The van der Waals surface area contributed by atoms with Gasteiger partial charge in [-0.2, -0.15) is 11.8 Å². The van der Waals surface area contributed by atoms with Crippen molar-refractivity contribution >= 4 is 34.3 Å². The van der Waals surface area contributed by atoms with Crippen molar-refractivity contribution in [1.29, 1.82) is 0 Å². The molecule has 1 heterocycles. The van der Waals surface area contributed by atoms with Crippen molar-refractivity contribution in [2.45, 2.75) is 6.54 Å². The Morgan fingerprint density at radius 2 is 2.15 bits per heavy atom. The fraction of sp³-hybridized carbons (Fsp3) is 0.400. The van der Waals surface area contributed by atoms with Crippen LogP contribution in [0.2, 0.25) is 0 Å². The lowest BCUT2D eigenvalue weighted by Gasteiger charge is -2.11. The Morgan fingerprint density at radius 3 is 2.85 bits per heavy atom. The van der Waals surface area contributed by atoms with Crippen molar-refractivity contribution in [1.82, 2.24) is 9.47 Å². The van der Waals surface area contributed by atoms with E-state index in [1.54, 1.807) is 0 Å². The molecule has 2 rings (SSSR count). The number of amides is 1. The predicted octanol–water partition coefficient (Wildman–Crippen LogP) is 2.50. The van der Waals surface area contributed by atoms with Crippen LogP contribution in [-0.4, -0.2) is 48.0 Å². The minimum Gasteiger partial charge on any atom is -0.346 e. The second kappa shape index (κ2) is 6.81. The molecule has 0 fully saturated rings. The standard InChI is InChI=1S/C15H21N3OS/c1-17(2)8-9-18-7-6-12-10-13(4-5-14(12)18)16-15(19)11-20-3/h4-7,10H,8-9,11H2,1-3H3,(H,16,19). The van der Waals surface area contributed by atoms with Gasteiger partial charge in [0.1, 0.15) is 0 Å². The van der Waals surface area contributed by atoms with Gasteiger partial charge in [-0.1, -0.05) is 0 Å². The molecule has 108 valence electrons. The fourth-order valence-electron chi connectivity index (χ4n) is 2.11. The van der Waals surface area contributed by atoms with Crippen LogP contribution < -0.4 is 5.32 Å². The molecule has 1 N–H and O–H groups in total. The largest absolute Gasteiger partial charge is 0.346 e. The third-order valence-corrected chi connectivity index (χ3v) is 3.67. The normalized spacial score (nSPS) is 11.2. The third kappa shape index (κ3) is 3.77. The first-order valence-electron chi connectivity index (χ1n) is 6.62. The fourth-order valence-corrected chi connectivity index (χ4v) is 2.44. The highest BCUT2D eigenvalue weighted by atomic mass is 32.2. The lowest BCUT2D eigenvalue weighted by atomic mass is 10.2. The first-order chi connectivity index (χ1) is 9.60. The minimum absolute atomic E-state index is 0.0453. The van der Waals surface area contributed by atoms with Gasteiger partial charge in [0.25, 0.3) is 0 Å². The van der Waals surface area contributed by atoms with E-state index in [0.29, 0.717) is 5.75 Å². The van der Waals surface area contributed by atoms with Crippen molar-refractivity contribution in [2.24, 2.45) is 0 Å². The highest BCUT2D eigenvalue weighted by Crippen LogP contribution is 2.20. The van der Waals surface area contributed by atoms with E-state index in [4.69, 9.17) is 0 Å². The zero-order valence-electron chi connectivity index (χ0n) is 12.2. The van der Waals surface area contributed by atoms with Gasteiger partial charge in [0.15, 0.2) is 0 Å². The molecule has 4 nitrogen and oxygen atoms in total. The van der Waals surface area contributed by atoms with Crippen LogP contribution in [0.5, 0.6) is 0 Å². The Morgan fingerprint density at radius 1 is 1.35 bits per heavy atom. The molecule has 2 aromatic rings. The summed E-state index contributed by atoms with van der Waals surface area (Å²) < 4.78 is 2.24. The number of aromatic nitrogens is 1. The number of benzene rings is 1. The number of rotatable bonds is 6. The Bertz CT molecular complexity index is 592. The van der Waals surface area contributed by atoms with Gasteiger partial charge in [-0.3, -0.25) is 4.79 Å². The molecule has 20 heavy (non-hydrogen) atoms. The van der Waals surface area contributed by atoms with Crippen LogP contribution in [0.3, 0.4) is 0 Å². The van der Waals surface area contributed by atoms with Crippen LogP contribution in [0, 0.1) is 0 Å². The van der Waals surface area contributed by atoms with Crippen LogP contribution in [-0.2, 0) is 11.3 Å². The molecule has 0 atom stereocenters. The van der Waals surface area contributed by atoms with Crippen molar-refractivity contribution in [3.63, 3.8) is 0 Å². The molecule has 0 radical (unpaired) electrons. The number of fused-ring (bicyclic) bond motifs is 1. The third-order valence-electron chi connectivity index (χ3n) is 3.12. The maximum atomic E-state index is 11.6. The highest BCUT2D eigenvalue weighted by Gasteiger charge is 2.05.